The van der Waals surface area contributed by atoms with Crippen LogP contribution in [0.15, 0.2) is 6.20 Å². The molecule has 2 rings (SSSR count). The van der Waals surface area contributed by atoms with Gasteiger partial charge in [-0.3, -0.25) is 4.79 Å². The maximum absolute atomic E-state index is 10.8. The van der Waals surface area contributed by atoms with Gasteiger partial charge in [0.25, 0.3) is 0 Å². The van der Waals surface area contributed by atoms with Crippen LogP contribution in [0.3, 0.4) is 0 Å². The van der Waals surface area contributed by atoms with E-state index < -0.39 is 0 Å². The van der Waals surface area contributed by atoms with Crippen LogP contribution < -0.4 is 5.32 Å². The summed E-state index contributed by atoms with van der Waals surface area (Å²) < 4.78 is 3.97. The number of amides is 1. The van der Waals surface area contributed by atoms with E-state index in [1.54, 1.807) is 6.20 Å². The van der Waals surface area contributed by atoms with Crippen molar-refractivity contribution in [1.29, 1.82) is 0 Å². The average Bonchev–Trinajstić information content (AvgIpc) is 2.33. The Balaban J connectivity index is 2.39. The molecule has 10 heavy (non-hydrogen) atoms. The normalized spacial score (nSPS) is 16.2. The van der Waals surface area contributed by atoms with Crippen molar-refractivity contribution in [2.45, 2.75) is 12.8 Å². The van der Waals surface area contributed by atoms with Gasteiger partial charge in [0.1, 0.15) is 0 Å². The Bertz CT molecular complexity index is 268. The molecule has 2 heterocycles. The lowest BCUT2D eigenvalue weighted by Crippen LogP contribution is -2.16. The summed E-state index contributed by atoms with van der Waals surface area (Å²) in [5, 5.41) is 2.75. The molecule has 52 valence electrons. The van der Waals surface area contributed by atoms with E-state index >= 15 is 0 Å². The van der Waals surface area contributed by atoms with Crippen molar-refractivity contribution in [2.24, 2.45) is 0 Å². The number of fused-ring (bicyclic) bond motifs is 1. The Morgan fingerprint density at radius 3 is 3.40 bits per heavy atom. The first-order chi connectivity index (χ1) is 4.86. The number of nitrogens with one attached hydrogen (secondary N) is 1. The van der Waals surface area contributed by atoms with Crippen molar-refractivity contribution in [1.82, 2.24) is 4.37 Å². The summed E-state index contributed by atoms with van der Waals surface area (Å²) in [5.74, 6) is 0.104. The second-order valence-corrected chi connectivity index (χ2v) is 3.10. The first kappa shape index (κ1) is 5.85. The molecule has 1 aromatic rings. The predicted octanol–water partition coefficient (Wildman–Crippen LogP) is 1.03. The minimum absolute atomic E-state index is 0.104. The fraction of sp³-hybridized carbons (Fsp3) is 0.333. The first-order valence-corrected chi connectivity index (χ1v) is 3.87. The molecule has 0 aliphatic carbocycles. The van der Waals surface area contributed by atoms with Crippen LogP contribution in [0, 0.1) is 0 Å². The van der Waals surface area contributed by atoms with Gasteiger partial charge in [-0.1, -0.05) is 0 Å². The van der Waals surface area contributed by atoms with Gasteiger partial charge >= 0.3 is 0 Å². The van der Waals surface area contributed by atoms with Crippen LogP contribution in [0.4, 0.5) is 5.69 Å². The third-order valence-electron chi connectivity index (χ3n) is 1.50. The summed E-state index contributed by atoms with van der Waals surface area (Å²) in [6.07, 6.45) is 3.16. The Hall–Kier alpha value is -0.900. The highest BCUT2D eigenvalue weighted by Gasteiger charge is 2.15. The van der Waals surface area contributed by atoms with Gasteiger partial charge in [-0.05, 0) is 18.0 Å². The number of carbonyl (C=O) groups excluding carboxylic acids is 1. The Labute approximate surface area is 62.2 Å². The SMILES string of the molecule is O=C1CCc2sncc2N1. The van der Waals surface area contributed by atoms with Crippen LogP contribution in [0.1, 0.15) is 11.3 Å². The molecule has 0 bridgehead atoms. The minimum atomic E-state index is 0.104. The second-order valence-electron chi connectivity index (χ2n) is 2.21. The molecule has 0 saturated carbocycles. The largest absolute Gasteiger partial charge is 0.324 e. The maximum atomic E-state index is 10.8. The van der Waals surface area contributed by atoms with Crippen LogP contribution >= 0.6 is 11.5 Å². The molecule has 1 N–H and O–H groups in total. The second kappa shape index (κ2) is 2.05. The number of aromatic nitrogens is 1. The van der Waals surface area contributed by atoms with Gasteiger partial charge in [0.2, 0.25) is 5.91 Å². The molecule has 1 aliphatic rings. The zero-order valence-electron chi connectivity index (χ0n) is 5.26. The van der Waals surface area contributed by atoms with E-state index in [0.717, 1.165) is 12.1 Å². The average molecular weight is 154 g/mol. The number of aryl methyl sites for hydroxylation is 1. The Morgan fingerprint density at radius 2 is 2.50 bits per heavy atom. The van der Waals surface area contributed by atoms with Gasteiger partial charge in [0.15, 0.2) is 0 Å². The molecule has 1 aromatic heterocycles. The molecule has 1 amide bonds. The number of anilines is 1. The van der Waals surface area contributed by atoms with Gasteiger partial charge in [-0.15, -0.1) is 0 Å². The lowest BCUT2D eigenvalue weighted by Gasteiger charge is -2.09. The third-order valence-corrected chi connectivity index (χ3v) is 2.35. The maximum Gasteiger partial charge on any atom is 0.224 e. The molecule has 0 atom stereocenters. The summed E-state index contributed by atoms with van der Waals surface area (Å²) in [5.41, 5.74) is 0.904. The monoisotopic (exact) mass is 154 g/mol. The summed E-state index contributed by atoms with van der Waals surface area (Å²) >= 11 is 1.46. The van der Waals surface area contributed by atoms with E-state index in [4.69, 9.17) is 0 Å². The fourth-order valence-electron chi connectivity index (χ4n) is 0.986. The number of hydrogen-bond acceptors (Lipinski definition) is 3. The van der Waals surface area contributed by atoms with E-state index in [2.05, 4.69) is 9.69 Å². The first-order valence-electron chi connectivity index (χ1n) is 3.09. The number of rotatable bonds is 0. The highest BCUT2D eigenvalue weighted by molar-refractivity contribution is 7.06. The zero-order valence-corrected chi connectivity index (χ0v) is 6.07. The molecule has 1 aliphatic heterocycles. The van der Waals surface area contributed by atoms with Crippen LogP contribution in [-0.4, -0.2) is 10.3 Å². The van der Waals surface area contributed by atoms with Gasteiger partial charge in [0.05, 0.1) is 11.9 Å². The molecule has 0 spiro atoms. The quantitative estimate of drug-likeness (QED) is 0.606. The van der Waals surface area contributed by atoms with Gasteiger partial charge < -0.3 is 5.32 Å². The van der Waals surface area contributed by atoms with Gasteiger partial charge in [-0.25, -0.2) is 0 Å². The highest BCUT2D eigenvalue weighted by atomic mass is 32.1. The van der Waals surface area contributed by atoms with Crippen LogP contribution in [-0.2, 0) is 11.2 Å². The van der Waals surface area contributed by atoms with E-state index in [1.165, 1.54) is 16.4 Å². The van der Waals surface area contributed by atoms with Crippen LogP contribution in [0.25, 0.3) is 0 Å². The Morgan fingerprint density at radius 1 is 1.60 bits per heavy atom. The minimum Gasteiger partial charge on any atom is -0.324 e. The number of nitrogens with zero attached hydrogens (tertiary/aromatic N) is 1. The van der Waals surface area contributed by atoms with Crippen molar-refractivity contribution in [3.05, 3.63) is 11.1 Å². The topological polar surface area (TPSA) is 42.0 Å². The van der Waals surface area contributed by atoms with E-state index in [-0.39, 0.29) is 5.91 Å². The molecular weight excluding hydrogens is 148 g/mol. The fourth-order valence-corrected chi connectivity index (χ4v) is 1.67. The molecule has 0 saturated heterocycles. The smallest absolute Gasteiger partial charge is 0.224 e. The molecule has 4 heteroatoms. The molecular formula is C6H6N2OS. The molecule has 0 aromatic carbocycles. The van der Waals surface area contributed by atoms with E-state index in [0.29, 0.717) is 6.42 Å². The van der Waals surface area contributed by atoms with Crippen molar-refractivity contribution in [3.8, 4) is 0 Å². The van der Waals surface area contributed by atoms with Gasteiger partial charge in [0, 0.05) is 11.3 Å². The predicted molar refractivity (Wildman–Crippen MR) is 39.1 cm³/mol. The van der Waals surface area contributed by atoms with Crippen LogP contribution in [0.5, 0.6) is 0 Å². The van der Waals surface area contributed by atoms with Crippen molar-refractivity contribution in [2.75, 3.05) is 5.32 Å². The van der Waals surface area contributed by atoms with Crippen molar-refractivity contribution >= 4 is 23.1 Å². The van der Waals surface area contributed by atoms with E-state index in [9.17, 15) is 4.79 Å². The van der Waals surface area contributed by atoms with E-state index in [1.807, 2.05) is 0 Å². The number of hydrogen-bond donors (Lipinski definition) is 1. The number of carbonyl (C=O) groups is 1. The molecule has 3 nitrogen and oxygen atoms in total. The lowest BCUT2D eigenvalue weighted by molar-refractivity contribution is -0.116. The molecule has 0 fully saturated rings. The van der Waals surface area contributed by atoms with Crippen LogP contribution in [0.2, 0.25) is 0 Å². The molecule has 0 radical (unpaired) electrons. The van der Waals surface area contributed by atoms with Gasteiger partial charge in [-0.2, -0.15) is 4.37 Å². The molecule has 0 unspecified atom stereocenters. The highest BCUT2D eigenvalue weighted by Crippen LogP contribution is 2.24. The summed E-state index contributed by atoms with van der Waals surface area (Å²) in [4.78, 5) is 12.0. The van der Waals surface area contributed by atoms with Crippen molar-refractivity contribution in [3.63, 3.8) is 0 Å². The Kier molecular flexibility index (Phi) is 1.20. The summed E-state index contributed by atoms with van der Waals surface area (Å²) in [6, 6.07) is 0. The summed E-state index contributed by atoms with van der Waals surface area (Å²) in [7, 11) is 0. The lowest BCUT2D eigenvalue weighted by atomic mass is 10.2. The third kappa shape index (κ3) is 0.806. The summed E-state index contributed by atoms with van der Waals surface area (Å²) in [6.45, 7) is 0. The standard InChI is InChI=1S/C6H6N2OS/c9-6-2-1-5-4(8-6)3-7-10-5/h3H,1-2H2,(H,8,9). The zero-order chi connectivity index (χ0) is 6.97. The van der Waals surface area contributed by atoms with Crippen molar-refractivity contribution < 1.29 is 4.79 Å².